The van der Waals surface area contributed by atoms with Gasteiger partial charge in [-0.2, -0.15) is 5.10 Å². The van der Waals surface area contributed by atoms with Crippen LogP contribution in [0.25, 0.3) is 10.9 Å². The van der Waals surface area contributed by atoms with Gasteiger partial charge in [0, 0.05) is 30.5 Å². The lowest BCUT2D eigenvalue weighted by atomic mass is 10.1. The van der Waals surface area contributed by atoms with Crippen LogP contribution in [-0.4, -0.2) is 14.8 Å². The smallest absolute Gasteiger partial charge is 0.0706 e. The van der Waals surface area contributed by atoms with Gasteiger partial charge in [-0.15, -0.1) is 0 Å². The molecule has 0 aliphatic rings. The third-order valence-corrected chi connectivity index (χ3v) is 3.41. The molecular formula is C15H16N4. The van der Waals surface area contributed by atoms with Crippen LogP contribution in [-0.2, 0) is 19.9 Å². The summed E-state index contributed by atoms with van der Waals surface area (Å²) in [7, 11) is 1.98. The zero-order chi connectivity index (χ0) is 13.2. The van der Waals surface area contributed by atoms with Crippen LogP contribution in [0.5, 0.6) is 0 Å². The molecule has 0 radical (unpaired) electrons. The van der Waals surface area contributed by atoms with E-state index in [0.29, 0.717) is 0 Å². The molecule has 0 atom stereocenters. The molecule has 2 aromatic heterocycles. The van der Waals surface area contributed by atoms with Gasteiger partial charge in [0.15, 0.2) is 0 Å². The zero-order valence-electron chi connectivity index (χ0n) is 10.9. The maximum atomic E-state index is 5.94. The molecule has 0 saturated heterocycles. The monoisotopic (exact) mass is 252 g/mol. The fraction of sp³-hybridized carbons (Fsp3) is 0.200. The van der Waals surface area contributed by atoms with Gasteiger partial charge >= 0.3 is 0 Å². The van der Waals surface area contributed by atoms with Gasteiger partial charge in [-0.1, -0.05) is 18.2 Å². The van der Waals surface area contributed by atoms with Gasteiger partial charge in [-0.25, -0.2) is 0 Å². The molecule has 4 heteroatoms. The van der Waals surface area contributed by atoms with Gasteiger partial charge in [0.25, 0.3) is 0 Å². The Balaban J connectivity index is 1.88. The quantitative estimate of drug-likeness (QED) is 0.778. The molecule has 19 heavy (non-hydrogen) atoms. The van der Waals surface area contributed by atoms with Crippen LogP contribution >= 0.6 is 0 Å². The van der Waals surface area contributed by atoms with Crippen LogP contribution in [0.15, 0.2) is 42.7 Å². The highest BCUT2D eigenvalue weighted by molar-refractivity contribution is 5.81. The minimum absolute atomic E-state index is 0.801. The van der Waals surface area contributed by atoms with Crippen molar-refractivity contribution in [2.45, 2.75) is 12.8 Å². The first-order valence-corrected chi connectivity index (χ1v) is 6.34. The Bertz CT molecular complexity index is 715. The molecular weight excluding hydrogens is 236 g/mol. The van der Waals surface area contributed by atoms with Crippen molar-refractivity contribution in [2.75, 3.05) is 5.73 Å². The number of para-hydroxylation sites is 1. The van der Waals surface area contributed by atoms with E-state index in [1.807, 2.05) is 36.1 Å². The minimum Gasteiger partial charge on any atom is -0.398 e. The van der Waals surface area contributed by atoms with Crippen LogP contribution in [0.3, 0.4) is 0 Å². The van der Waals surface area contributed by atoms with Crippen molar-refractivity contribution in [1.29, 1.82) is 0 Å². The highest BCUT2D eigenvalue weighted by atomic mass is 15.3. The minimum atomic E-state index is 0.801. The van der Waals surface area contributed by atoms with Crippen molar-refractivity contribution in [1.82, 2.24) is 14.8 Å². The van der Waals surface area contributed by atoms with Crippen molar-refractivity contribution >= 4 is 16.6 Å². The molecule has 0 amide bonds. The Morgan fingerprint density at radius 2 is 2.00 bits per heavy atom. The number of benzene rings is 1. The van der Waals surface area contributed by atoms with Crippen molar-refractivity contribution in [3.63, 3.8) is 0 Å². The molecule has 0 unspecified atom stereocenters. The topological polar surface area (TPSA) is 56.7 Å². The van der Waals surface area contributed by atoms with E-state index in [1.165, 1.54) is 5.39 Å². The Labute approximate surface area is 111 Å². The van der Waals surface area contributed by atoms with E-state index in [-0.39, 0.29) is 0 Å². The molecule has 4 nitrogen and oxygen atoms in total. The number of anilines is 1. The van der Waals surface area contributed by atoms with Gasteiger partial charge < -0.3 is 5.73 Å². The summed E-state index contributed by atoms with van der Waals surface area (Å²) in [5.74, 6) is 0. The van der Waals surface area contributed by atoms with Gasteiger partial charge in [-0.05, 0) is 30.5 Å². The largest absolute Gasteiger partial charge is 0.398 e. The predicted molar refractivity (Wildman–Crippen MR) is 76.8 cm³/mol. The second kappa shape index (κ2) is 4.72. The average Bonchev–Trinajstić information content (AvgIpc) is 2.75. The SMILES string of the molecule is Cn1nc(CCc2cnccc2N)c2ccccc21. The van der Waals surface area contributed by atoms with Crippen LogP contribution in [0.1, 0.15) is 11.3 Å². The molecule has 96 valence electrons. The standard InChI is InChI=1S/C15H16N4/c1-19-15-5-3-2-4-12(15)14(18-19)7-6-11-10-17-9-8-13(11)16/h2-5,8-10H,6-7H2,1H3,(H2,16,17). The molecule has 2 N–H and O–H groups in total. The van der Waals surface area contributed by atoms with Crippen molar-refractivity contribution < 1.29 is 0 Å². The van der Waals surface area contributed by atoms with Gasteiger partial charge in [-0.3, -0.25) is 9.67 Å². The first-order chi connectivity index (χ1) is 9.25. The molecule has 0 bridgehead atoms. The van der Waals surface area contributed by atoms with Gasteiger partial charge in [0.05, 0.1) is 11.2 Å². The number of aryl methyl sites for hydroxylation is 3. The molecule has 0 aliphatic heterocycles. The molecule has 0 spiro atoms. The Kier molecular flexibility index (Phi) is 2.91. The highest BCUT2D eigenvalue weighted by Crippen LogP contribution is 2.20. The second-order valence-corrected chi connectivity index (χ2v) is 4.66. The first-order valence-electron chi connectivity index (χ1n) is 6.34. The summed E-state index contributed by atoms with van der Waals surface area (Å²) >= 11 is 0. The molecule has 0 saturated carbocycles. The Hall–Kier alpha value is -2.36. The number of hydrogen-bond donors (Lipinski definition) is 1. The summed E-state index contributed by atoms with van der Waals surface area (Å²) < 4.78 is 1.93. The van der Waals surface area contributed by atoms with Gasteiger partial charge in [0.1, 0.15) is 0 Å². The number of aromatic nitrogens is 3. The summed E-state index contributed by atoms with van der Waals surface area (Å²) in [5, 5.41) is 5.81. The maximum Gasteiger partial charge on any atom is 0.0706 e. The van der Waals surface area contributed by atoms with Crippen molar-refractivity contribution in [3.05, 3.63) is 54.0 Å². The number of nitrogens with two attached hydrogens (primary N) is 1. The summed E-state index contributed by atoms with van der Waals surface area (Å²) in [6.45, 7) is 0. The van der Waals surface area contributed by atoms with Gasteiger partial charge in [0.2, 0.25) is 0 Å². The molecule has 3 aromatic rings. The number of rotatable bonds is 3. The number of nitrogens with zero attached hydrogens (tertiary/aromatic N) is 3. The lowest BCUT2D eigenvalue weighted by Gasteiger charge is -2.03. The maximum absolute atomic E-state index is 5.94. The van der Waals surface area contributed by atoms with Crippen LogP contribution in [0.2, 0.25) is 0 Å². The number of pyridine rings is 1. The van der Waals surface area contributed by atoms with Crippen LogP contribution in [0.4, 0.5) is 5.69 Å². The van der Waals surface area contributed by atoms with E-state index < -0.39 is 0 Å². The highest BCUT2D eigenvalue weighted by Gasteiger charge is 2.08. The molecule has 3 rings (SSSR count). The third-order valence-electron chi connectivity index (χ3n) is 3.41. The lowest BCUT2D eigenvalue weighted by Crippen LogP contribution is -1.99. The van der Waals surface area contributed by atoms with E-state index in [1.54, 1.807) is 6.20 Å². The number of hydrogen-bond acceptors (Lipinski definition) is 3. The van der Waals surface area contributed by atoms with E-state index in [9.17, 15) is 0 Å². The van der Waals surface area contributed by atoms with Crippen molar-refractivity contribution in [2.24, 2.45) is 7.05 Å². The zero-order valence-corrected chi connectivity index (χ0v) is 10.9. The summed E-state index contributed by atoms with van der Waals surface area (Å²) in [6.07, 6.45) is 5.29. The molecule has 2 heterocycles. The number of nitrogen functional groups attached to an aromatic ring is 1. The Morgan fingerprint density at radius 3 is 2.84 bits per heavy atom. The summed E-state index contributed by atoms with van der Waals surface area (Å²) in [5.41, 5.74) is 10.1. The fourth-order valence-electron chi connectivity index (χ4n) is 2.37. The van der Waals surface area contributed by atoms with E-state index >= 15 is 0 Å². The summed E-state index contributed by atoms with van der Waals surface area (Å²) in [6, 6.07) is 10.1. The normalized spacial score (nSPS) is 11.0. The Morgan fingerprint density at radius 1 is 1.16 bits per heavy atom. The third kappa shape index (κ3) is 2.17. The molecule has 1 aromatic carbocycles. The lowest BCUT2D eigenvalue weighted by molar-refractivity contribution is 0.758. The molecule has 0 fully saturated rings. The van der Waals surface area contributed by atoms with E-state index in [4.69, 9.17) is 5.73 Å². The fourth-order valence-corrected chi connectivity index (χ4v) is 2.37. The number of fused-ring (bicyclic) bond motifs is 1. The van der Waals surface area contributed by atoms with E-state index in [2.05, 4.69) is 22.2 Å². The first kappa shape index (κ1) is 11.7. The summed E-state index contributed by atoms with van der Waals surface area (Å²) in [4.78, 5) is 4.12. The average molecular weight is 252 g/mol. The predicted octanol–water partition coefficient (Wildman–Crippen LogP) is 2.34. The van der Waals surface area contributed by atoms with Crippen molar-refractivity contribution in [3.8, 4) is 0 Å². The molecule has 0 aliphatic carbocycles. The van der Waals surface area contributed by atoms with Crippen LogP contribution < -0.4 is 5.73 Å². The second-order valence-electron chi connectivity index (χ2n) is 4.66. The van der Waals surface area contributed by atoms with E-state index in [0.717, 1.165) is 35.3 Å². The van der Waals surface area contributed by atoms with Crippen LogP contribution in [0, 0.1) is 0 Å².